The number of Topliss-reactive ketones (excluding diaryl/α,β-unsaturated/α-hetero) is 1. The first-order valence-corrected chi connectivity index (χ1v) is 9.47. The van der Waals surface area contributed by atoms with Crippen molar-refractivity contribution in [1.29, 1.82) is 0 Å². The van der Waals surface area contributed by atoms with Gasteiger partial charge < -0.3 is 0 Å². The number of carbonyl (C=O) groups is 1. The highest BCUT2D eigenvalue weighted by molar-refractivity contribution is 5.80. The highest BCUT2D eigenvalue weighted by atomic mass is 16.1. The minimum Gasteiger partial charge on any atom is -0.300 e. The predicted molar refractivity (Wildman–Crippen MR) is 85.9 cm³/mol. The lowest BCUT2D eigenvalue weighted by Crippen LogP contribution is -2.55. The van der Waals surface area contributed by atoms with Gasteiger partial charge in [0.2, 0.25) is 0 Å². The van der Waals surface area contributed by atoms with Crippen LogP contribution in [0.15, 0.2) is 0 Å². The normalized spacial score (nSPS) is 56.5. The molecule has 21 heavy (non-hydrogen) atoms. The number of hydrogen-bond donors (Lipinski definition) is 0. The van der Waals surface area contributed by atoms with E-state index in [1.165, 1.54) is 44.9 Å². The maximum atomic E-state index is 12.1. The van der Waals surface area contributed by atoms with Crippen molar-refractivity contribution in [3.63, 3.8) is 0 Å². The van der Waals surface area contributed by atoms with Crippen LogP contribution in [0.2, 0.25) is 0 Å². The van der Waals surface area contributed by atoms with E-state index in [0.29, 0.717) is 28.4 Å². The van der Waals surface area contributed by atoms with E-state index >= 15 is 0 Å². The second-order valence-corrected chi connectivity index (χ2v) is 9.45. The van der Waals surface area contributed by atoms with E-state index in [2.05, 4.69) is 20.8 Å². The maximum absolute atomic E-state index is 12.1. The first-order chi connectivity index (χ1) is 9.95. The molecule has 7 atom stereocenters. The number of rotatable bonds is 0. The zero-order valence-electron chi connectivity index (χ0n) is 14.2. The second-order valence-electron chi connectivity index (χ2n) is 9.45. The van der Waals surface area contributed by atoms with E-state index in [1.807, 2.05) is 0 Å². The molecule has 0 amide bonds. The van der Waals surface area contributed by atoms with Crippen molar-refractivity contribution in [2.24, 2.45) is 40.4 Å². The molecule has 0 spiro atoms. The zero-order chi connectivity index (χ0) is 14.8. The largest absolute Gasteiger partial charge is 0.300 e. The smallest absolute Gasteiger partial charge is 0.133 e. The third-order valence-corrected chi connectivity index (χ3v) is 8.82. The fourth-order valence-corrected chi connectivity index (χ4v) is 7.47. The molecule has 0 aromatic rings. The fourth-order valence-electron chi connectivity index (χ4n) is 7.47. The van der Waals surface area contributed by atoms with Crippen molar-refractivity contribution in [3.8, 4) is 0 Å². The van der Waals surface area contributed by atoms with E-state index < -0.39 is 0 Å². The molecule has 1 heteroatoms. The summed E-state index contributed by atoms with van der Waals surface area (Å²) < 4.78 is 0. The summed E-state index contributed by atoms with van der Waals surface area (Å²) >= 11 is 0. The van der Waals surface area contributed by atoms with Gasteiger partial charge in [-0.05, 0) is 78.9 Å². The lowest BCUT2D eigenvalue weighted by molar-refractivity contribution is -0.149. The summed E-state index contributed by atoms with van der Waals surface area (Å²) in [6.07, 6.45) is 11.9. The first kappa shape index (κ1) is 14.3. The van der Waals surface area contributed by atoms with Crippen molar-refractivity contribution >= 4 is 5.78 Å². The monoisotopic (exact) mass is 288 g/mol. The van der Waals surface area contributed by atoms with Crippen LogP contribution in [0.25, 0.3) is 0 Å². The average molecular weight is 288 g/mol. The van der Waals surface area contributed by atoms with Crippen LogP contribution in [0.4, 0.5) is 0 Å². The molecule has 0 heterocycles. The molecule has 0 N–H and O–H groups in total. The van der Waals surface area contributed by atoms with Gasteiger partial charge in [0.15, 0.2) is 0 Å². The Morgan fingerprint density at radius 2 is 1.76 bits per heavy atom. The zero-order valence-corrected chi connectivity index (χ0v) is 14.2. The molecule has 4 fully saturated rings. The van der Waals surface area contributed by atoms with Crippen LogP contribution < -0.4 is 0 Å². The SMILES string of the molecule is CC1CC(=O)CC2CC[C@H]3[C@@H]4CCC[C@@]4(C)CC[C@@H]3[C@@]12C. The molecular weight excluding hydrogens is 256 g/mol. The minimum atomic E-state index is 0.459. The van der Waals surface area contributed by atoms with Gasteiger partial charge in [-0.2, -0.15) is 0 Å². The molecule has 0 aromatic heterocycles. The molecule has 2 unspecified atom stereocenters. The van der Waals surface area contributed by atoms with Gasteiger partial charge in [-0.15, -0.1) is 0 Å². The molecule has 4 aliphatic carbocycles. The Balaban J connectivity index is 1.67. The Bertz CT molecular complexity index is 455. The van der Waals surface area contributed by atoms with E-state index in [4.69, 9.17) is 0 Å². The predicted octanol–water partition coefficient (Wildman–Crippen LogP) is 5.23. The van der Waals surface area contributed by atoms with Gasteiger partial charge in [-0.25, -0.2) is 0 Å². The minimum absolute atomic E-state index is 0.459. The topological polar surface area (TPSA) is 17.1 Å². The number of hydrogen-bond acceptors (Lipinski definition) is 1. The Labute approximate surface area is 130 Å². The maximum Gasteiger partial charge on any atom is 0.133 e. The number of ketones is 1. The highest BCUT2D eigenvalue weighted by Crippen LogP contribution is 2.66. The lowest BCUT2D eigenvalue weighted by atomic mass is 9.43. The first-order valence-electron chi connectivity index (χ1n) is 9.47. The van der Waals surface area contributed by atoms with Crippen molar-refractivity contribution in [1.82, 2.24) is 0 Å². The van der Waals surface area contributed by atoms with Gasteiger partial charge in [0.1, 0.15) is 5.78 Å². The van der Waals surface area contributed by atoms with E-state index in [0.717, 1.165) is 30.6 Å². The summed E-state index contributed by atoms with van der Waals surface area (Å²) in [5.74, 6) is 4.74. The Hall–Kier alpha value is -0.330. The molecule has 4 rings (SSSR count). The van der Waals surface area contributed by atoms with Crippen LogP contribution in [-0.4, -0.2) is 5.78 Å². The molecule has 1 nitrogen and oxygen atoms in total. The summed E-state index contributed by atoms with van der Waals surface area (Å²) in [7, 11) is 0. The van der Waals surface area contributed by atoms with Gasteiger partial charge in [0.05, 0.1) is 0 Å². The fraction of sp³-hybridized carbons (Fsp3) is 0.950. The number of fused-ring (bicyclic) bond motifs is 5. The molecule has 118 valence electrons. The molecule has 0 radical (unpaired) electrons. The number of carbonyl (C=O) groups excluding carboxylic acids is 1. The molecule has 4 saturated carbocycles. The van der Waals surface area contributed by atoms with E-state index in [9.17, 15) is 4.79 Å². The summed E-state index contributed by atoms with van der Waals surface area (Å²) in [5, 5.41) is 0. The van der Waals surface area contributed by atoms with Crippen LogP contribution in [0.1, 0.15) is 78.6 Å². The molecule has 4 aliphatic rings. The van der Waals surface area contributed by atoms with Gasteiger partial charge in [0.25, 0.3) is 0 Å². The van der Waals surface area contributed by atoms with Crippen molar-refractivity contribution in [2.75, 3.05) is 0 Å². The van der Waals surface area contributed by atoms with E-state index in [-0.39, 0.29) is 0 Å². The second kappa shape index (κ2) is 4.59. The molecule has 0 bridgehead atoms. The van der Waals surface area contributed by atoms with Crippen LogP contribution in [-0.2, 0) is 4.79 Å². The van der Waals surface area contributed by atoms with Crippen molar-refractivity contribution in [2.45, 2.75) is 78.6 Å². The Morgan fingerprint density at radius 3 is 2.57 bits per heavy atom. The summed E-state index contributed by atoms with van der Waals surface area (Å²) in [6, 6.07) is 0. The lowest BCUT2D eigenvalue weighted by Gasteiger charge is -2.61. The van der Waals surface area contributed by atoms with Gasteiger partial charge in [-0.1, -0.05) is 27.2 Å². The molecule has 0 saturated heterocycles. The third-order valence-electron chi connectivity index (χ3n) is 8.82. The van der Waals surface area contributed by atoms with Gasteiger partial charge in [0, 0.05) is 12.8 Å². The summed E-state index contributed by atoms with van der Waals surface area (Å²) in [5.41, 5.74) is 1.12. The quantitative estimate of drug-likeness (QED) is 0.596. The molecule has 0 aliphatic heterocycles. The third kappa shape index (κ3) is 1.85. The van der Waals surface area contributed by atoms with Crippen LogP contribution in [0.3, 0.4) is 0 Å². The van der Waals surface area contributed by atoms with Crippen LogP contribution >= 0.6 is 0 Å². The van der Waals surface area contributed by atoms with Crippen LogP contribution in [0, 0.1) is 40.4 Å². The average Bonchev–Trinajstić information content (AvgIpc) is 2.82. The Kier molecular flexibility index (Phi) is 3.12. The standard InChI is InChI=1S/C20H32O/c1-13-11-15(21)12-14-6-7-16-17-5-4-9-19(17,2)10-8-18(16)20(13,14)3/h13-14,16-18H,4-12H2,1-3H3/t13?,14?,16-,17-,18-,19-,20-/m0/s1. The summed E-state index contributed by atoms with van der Waals surface area (Å²) in [4.78, 5) is 12.1. The molecular formula is C20H32O. The van der Waals surface area contributed by atoms with Gasteiger partial charge in [-0.3, -0.25) is 4.79 Å². The summed E-state index contributed by atoms with van der Waals surface area (Å²) in [6.45, 7) is 7.54. The Morgan fingerprint density at radius 1 is 0.952 bits per heavy atom. The highest BCUT2D eigenvalue weighted by Gasteiger charge is 2.59. The van der Waals surface area contributed by atoms with Crippen molar-refractivity contribution in [3.05, 3.63) is 0 Å². The van der Waals surface area contributed by atoms with Gasteiger partial charge >= 0.3 is 0 Å². The molecule has 0 aromatic carbocycles. The van der Waals surface area contributed by atoms with E-state index in [1.54, 1.807) is 0 Å². The van der Waals surface area contributed by atoms with Crippen LogP contribution in [0.5, 0.6) is 0 Å². The van der Waals surface area contributed by atoms with Crippen molar-refractivity contribution < 1.29 is 4.79 Å².